The van der Waals surface area contributed by atoms with E-state index in [2.05, 4.69) is 4.98 Å². The highest BCUT2D eigenvalue weighted by Crippen LogP contribution is 2.35. The summed E-state index contributed by atoms with van der Waals surface area (Å²) in [6.45, 7) is 1.29. The summed E-state index contributed by atoms with van der Waals surface area (Å²) < 4.78 is 1.63. The lowest BCUT2D eigenvalue weighted by Gasteiger charge is -2.40. The second-order valence-corrected chi connectivity index (χ2v) is 7.31. The molecule has 2 saturated heterocycles. The topological polar surface area (TPSA) is 95.7 Å². The number of hydrogen-bond acceptors (Lipinski definition) is 4. The first-order valence-electron chi connectivity index (χ1n) is 8.81. The molecule has 1 aromatic heterocycles. The number of piperidine rings is 1. The van der Waals surface area contributed by atoms with Gasteiger partial charge in [-0.25, -0.2) is 9.78 Å². The fourth-order valence-corrected chi connectivity index (χ4v) is 4.09. The number of carbonyl (C=O) groups excluding carboxylic acids is 2. The van der Waals surface area contributed by atoms with Gasteiger partial charge in [-0.1, -0.05) is 0 Å². The number of aliphatic carboxylic acids is 1. The molecule has 2 aliphatic heterocycles. The van der Waals surface area contributed by atoms with Crippen LogP contribution in [0.25, 0.3) is 0 Å². The highest BCUT2D eigenvalue weighted by Gasteiger charge is 2.47. The Morgan fingerprint density at radius 1 is 1.24 bits per heavy atom. The first-order chi connectivity index (χ1) is 12.0. The van der Waals surface area contributed by atoms with Gasteiger partial charge < -0.3 is 19.5 Å². The molecule has 8 nitrogen and oxygen atoms in total. The molecule has 1 N–H and O–H groups in total. The van der Waals surface area contributed by atoms with Gasteiger partial charge in [0.25, 0.3) is 0 Å². The van der Waals surface area contributed by atoms with Crippen molar-refractivity contribution in [1.29, 1.82) is 0 Å². The summed E-state index contributed by atoms with van der Waals surface area (Å²) in [4.78, 5) is 44.3. The summed E-state index contributed by atoms with van der Waals surface area (Å²) in [5, 5.41) is 9.73. The van der Waals surface area contributed by atoms with E-state index in [1.54, 1.807) is 21.9 Å². The molecule has 0 radical (unpaired) electrons. The molecule has 8 heteroatoms. The molecule has 134 valence electrons. The van der Waals surface area contributed by atoms with Crippen molar-refractivity contribution in [1.82, 2.24) is 19.4 Å². The molecule has 2 amide bonds. The number of imidazole rings is 1. The Balaban J connectivity index is 1.42. The Hall–Kier alpha value is -2.38. The average molecular weight is 346 g/mol. The van der Waals surface area contributed by atoms with Gasteiger partial charge in [-0.15, -0.1) is 0 Å². The lowest BCUT2D eigenvalue weighted by Crippen LogP contribution is -2.53. The lowest BCUT2D eigenvalue weighted by molar-refractivity contribution is -0.153. The van der Waals surface area contributed by atoms with Crippen molar-refractivity contribution < 1.29 is 19.5 Å². The molecular weight excluding hydrogens is 324 g/mol. The Bertz CT molecular complexity index is 690. The van der Waals surface area contributed by atoms with Crippen LogP contribution in [0.1, 0.15) is 32.1 Å². The maximum absolute atomic E-state index is 12.8. The van der Waals surface area contributed by atoms with Crippen LogP contribution in [0.2, 0.25) is 0 Å². The monoisotopic (exact) mass is 346 g/mol. The molecule has 1 atom stereocenters. The van der Waals surface area contributed by atoms with E-state index in [1.807, 2.05) is 4.90 Å². The van der Waals surface area contributed by atoms with Gasteiger partial charge in [0.05, 0.1) is 12.2 Å². The molecule has 1 saturated carbocycles. The Kier molecular flexibility index (Phi) is 3.77. The third-order valence-electron chi connectivity index (χ3n) is 5.79. The minimum atomic E-state index is -1.04. The van der Waals surface area contributed by atoms with Crippen LogP contribution in [0, 0.1) is 5.92 Å². The van der Waals surface area contributed by atoms with Crippen LogP contribution in [0.4, 0.5) is 0 Å². The van der Waals surface area contributed by atoms with Crippen molar-refractivity contribution in [3.05, 3.63) is 18.7 Å². The van der Waals surface area contributed by atoms with Gasteiger partial charge in [0.15, 0.2) is 0 Å². The second kappa shape index (κ2) is 5.86. The Morgan fingerprint density at radius 2 is 1.96 bits per heavy atom. The third-order valence-corrected chi connectivity index (χ3v) is 5.79. The first kappa shape index (κ1) is 16.1. The molecule has 1 aromatic rings. The van der Waals surface area contributed by atoms with Gasteiger partial charge in [0, 0.05) is 44.5 Å². The zero-order chi connectivity index (χ0) is 17.6. The molecule has 25 heavy (non-hydrogen) atoms. The smallest absolute Gasteiger partial charge is 0.330 e. The average Bonchev–Trinajstić information content (AvgIpc) is 3.14. The van der Waals surface area contributed by atoms with E-state index in [1.165, 1.54) is 6.33 Å². The summed E-state index contributed by atoms with van der Waals surface area (Å²) in [5.74, 6) is -1.11. The zero-order valence-electron chi connectivity index (χ0n) is 14.0. The molecule has 4 rings (SSSR count). The van der Waals surface area contributed by atoms with E-state index in [-0.39, 0.29) is 24.2 Å². The maximum Gasteiger partial charge on any atom is 0.330 e. The van der Waals surface area contributed by atoms with Crippen molar-refractivity contribution >= 4 is 17.8 Å². The minimum absolute atomic E-state index is 0.0129. The highest BCUT2D eigenvalue weighted by molar-refractivity contribution is 5.90. The fraction of sp³-hybridized carbons (Fsp3) is 0.647. The van der Waals surface area contributed by atoms with Gasteiger partial charge >= 0.3 is 5.97 Å². The van der Waals surface area contributed by atoms with E-state index in [0.29, 0.717) is 38.5 Å². The van der Waals surface area contributed by atoms with Crippen molar-refractivity contribution in [2.24, 2.45) is 5.92 Å². The van der Waals surface area contributed by atoms with Gasteiger partial charge in [-0.05, 0) is 25.7 Å². The summed E-state index contributed by atoms with van der Waals surface area (Å²) in [6.07, 6.45) is 7.82. The molecule has 3 fully saturated rings. The van der Waals surface area contributed by atoms with Crippen molar-refractivity contribution in [2.75, 3.05) is 19.6 Å². The van der Waals surface area contributed by atoms with Crippen LogP contribution in [0.5, 0.6) is 0 Å². The van der Waals surface area contributed by atoms with Gasteiger partial charge in [-0.3, -0.25) is 9.59 Å². The summed E-state index contributed by atoms with van der Waals surface area (Å²) in [5.41, 5.74) is -1.04. The molecule has 3 aliphatic rings. The SMILES string of the molecule is O=C([C@@H]1CC(=O)N(C2CC2)C1)N1CCC(C(=O)O)(n2ccnc2)CC1. The fourth-order valence-electron chi connectivity index (χ4n) is 4.09. The van der Waals surface area contributed by atoms with Gasteiger partial charge in [0.1, 0.15) is 5.54 Å². The van der Waals surface area contributed by atoms with Crippen LogP contribution >= 0.6 is 0 Å². The number of rotatable bonds is 4. The normalized spacial score (nSPS) is 26.1. The van der Waals surface area contributed by atoms with E-state index in [9.17, 15) is 19.5 Å². The summed E-state index contributed by atoms with van der Waals surface area (Å²) in [6, 6.07) is 0.340. The highest BCUT2D eigenvalue weighted by atomic mass is 16.4. The van der Waals surface area contributed by atoms with E-state index >= 15 is 0 Å². The van der Waals surface area contributed by atoms with Gasteiger partial charge in [0.2, 0.25) is 11.8 Å². The molecular formula is C17H22N4O4. The Morgan fingerprint density at radius 3 is 2.52 bits per heavy atom. The summed E-state index contributed by atoms with van der Waals surface area (Å²) >= 11 is 0. The molecule has 0 unspecified atom stereocenters. The largest absolute Gasteiger partial charge is 0.479 e. The standard InChI is InChI=1S/C17H22N4O4/c22-14-9-12(10-21(14)13-1-2-13)15(23)19-6-3-17(4-7-19,16(24)25)20-8-5-18-11-20/h5,8,11-13H,1-4,6-7,9-10H2,(H,24,25)/t12-/m1/s1. The van der Waals surface area contributed by atoms with E-state index < -0.39 is 11.5 Å². The van der Waals surface area contributed by atoms with Crippen molar-refractivity contribution in [2.45, 2.75) is 43.7 Å². The Labute approximate surface area is 145 Å². The van der Waals surface area contributed by atoms with Crippen LogP contribution < -0.4 is 0 Å². The quantitative estimate of drug-likeness (QED) is 0.846. The van der Waals surface area contributed by atoms with E-state index in [4.69, 9.17) is 0 Å². The number of hydrogen-bond donors (Lipinski definition) is 1. The number of aromatic nitrogens is 2. The number of carboxylic acids is 1. The van der Waals surface area contributed by atoms with Crippen molar-refractivity contribution in [3.8, 4) is 0 Å². The number of carbonyl (C=O) groups is 3. The number of likely N-dealkylation sites (tertiary alicyclic amines) is 2. The van der Waals surface area contributed by atoms with Crippen LogP contribution in [-0.2, 0) is 19.9 Å². The third kappa shape index (κ3) is 2.69. The number of amides is 2. The molecule has 0 aromatic carbocycles. The first-order valence-corrected chi connectivity index (χ1v) is 8.81. The van der Waals surface area contributed by atoms with E-state index in [0.717, 1.165) is 12.8 Å². The predicted molar refractivity (Wildman–Crippen MR) is 86.5 cm³/mol. The number of nitrogens with zero attached hydrogens (tertiary/aromatic N) is 4. The number of carboxylic acid groups (broad SMARTS) is 1. The van der Waals surface area contributed by atoms with Crippen molar-refractivity contribution in [3.63, 3.8) is 0 Å². The maximum atomic E-state index is 12.8. The second-order valence-electron chi connectivity index (χ2n) is 7.31. The molecule has 1 aliphatic carbocycles. The van der Waals surface area contributed by atoms with Crippen LogP contribution in [0.15, 0.2) is 18.7 Å². The molecule has 3 heterocycles. The predicted octanol–water partition coefficient (Wildman–Crippen LogP) is 0.296. The van der Waals surface area contributed by atoms with Crippen LogP contribution in [-0.4, -0.2) is 67.9 Å². The molecule has 0 spiro atoms. The molecule has 0 bridgehead atoms. The zero-order valence-corrected chi connectivity index (χ0v) is 14.0. The van der Waals surface area contributed by atoms with Gasteiger partial charge in [-0.2, -0.15) is 0 Å². The minimum Gasteiger partial charge on any atom is -0.479 e. The van der Waals surface area contributed by atoms with Crippen LogP contribution in [0.3, 0.4) is 0 Å². The summed E-state index contributed by atoms with van der Waals surface area (Å²) in [7, 11) is 0. The lowest BCUT2D eigenvalue weighted by atomic mass is 9.86.